The molecule has 16 heavy (non-hydrogen) atoms. The Balaban J connectivity index is 2.12. The first-order valence-corrected chi connectivity index (χ1v) is 5.89. The van der Waals surface area contributed by atoms with E-state index < -0.39 is 0 Å². The molecule has 2 unspecified atom stereocenters. The van der Waals surface area contributed by atoms with Gasteiger partial charge in [0, 0.05) is 12.0 Å². The lowest BCUT2D eigenvalue weighted by atomic mass is 9.85. The fraction of sp³-hybridized carbons (Fsp3) is 0.538. The number of para-hydroxylation sites is 1. The van der Waals surface area contributed by atoms with Crippen LogP contribution in [0.4, 0.5) is 0 Å². The molecule has 3 heteroatoms. The molecule has 1 aliphatic heterocycles. The minimum atomic E-state index is 0.313. The van der Waals surface area contributed by atoms with Crippen molar-refractivity contribution in [3.63, 3.8) is 0 Å². The minimum Gasteiger partial charge on any atom is -0.493 e. The van der Waals surface area contributed by atoms with Gasteiger partial charge in [0.1, 0.15) is 5.75 Å². The summed E-state index contributed by atoms with van der Waals surface area (Å²) in [6.07, 6.45) is 1.04. The molecule has 0 aromatic heterocycles. The van der Waals surface area contributed by atoms with Gasteiger partial charge >= 0.3 is 0 Å². The predicted molar refractivity (Wildman–Crippen MR) is 65.1 cm³/mol. The maximum atomic E-state index is 5.77. The second-order valence-electron chi connectivity index (χ2n) is 4.82. The molecular formula is C13H20N2O. The van der Waals surface area contributed by atoms with Gasteiger partial charge in [0.2, 0.25) is 0 Å². The summed E-state index contributed by atoms with van der Waals surface area (Å²) >= 11 is 0. The summed E-state index contributed by atoms with van der Waals surface area (Å²) in [4.78, 5) is 0. The number of ether oxygens (including phenoxy) is 1. The van der Waals surface area contributed by atoms with Crippen molar-refractivity contribution in [1.29, 1.82) is 0 Å². The zero-order valence-electron chi connectivity index (χ0n) is 9.94. The molecular weight excluding hydrogens is 200 g/mol. The maximum Gasteiger partial charge on any atom is 0.122 e. The topological polar surface area (TPSA) is 47.3 Å². The van der Waals surface area contributed by atoms with Crippen LogP contribution in [0.2, 0.25) is 0 Å². The summed E-state index contributed by atoms with van der Waals surface area (Å²) in [6, 6.07) is 8.56. The summed E-state index contributed by atoms with van der Waals surface area (Å²) in [5.41, 5.74) is 4.21. The first-order chi connectivity index (χ1) is 7.72. The number of hydrogen-bond acceptors (Lipinski definition) is 3. The fourth-order valence-electron chi connectivity index (χ4n) is 2.45. The molecule has 0 spiro atoms. The number of nitrogens with one attached hydrogen (secondary N) is 1. The zero-order valence-corrected chi connectivity index (χ0v) is 9.94. The van der Waals surface area contributed by atoms with Crippen molar-refractivity contribution >= 4 is 0 Å². The third-order valence-corrected chi connectivity index (χ3v) is 3.33. The van der Waals surface area contributed by atoms with Crippen LogP contribution in [0.5, 0.6) is 5.75 Å². The molecule has 3 N–H and O–H groups in total. The molecule has 0 bridgehead atoms. The van der Waals surface area contributed by atoms with Crippen molar-refractivity contribution in [3.8, 4) is 5.75 Å². The molecule has 1 aliphatic rings. The Morgan fingerprint density at radius 2 is 2.12 bits per heavy atom. The van der Waals surface area contributed by atoms with Crippen molar-refractivity contribution in [1.82, 2.24) is 5.43 Å². The Labute approximate surface area is 97.0 Å². The average molecular weight is 220 g/mol. The van der Waals surface area contributed by atoms with Gasteiger partial charge in [0.25, 0.3) is 0 Å². The van der Waals surface area contributed by atoms with Gasteiger partial charge in [-0.05, 0) is 24.0 Å². The monoisotopic (exact) mass is 220 g/mol. The van der Waals surface area contributed by atoms with Gasteiger partial charge < -0.3 is 4.74 Å². The molecule has 0 saturated carbocycles. The molecule has 0 radical (unpaired) electrons. The lowest BCUT2D eigenvalue weighted by Gasteiger charge is -2.33. The average Bonchev–Trinajstić information content (AvgIpc) is 2.29. The molecule has 0 amide bonds. The second-order valence-corrected chi connectivity index (χ2v) is 4.82. The number of benzene rings is 1. The lowest BCUT2D eigenvalue weighted by molar-refractivity contribution is 0.162. The van der Waals surface area contributed by atoms with Crippen LogP contribution in [0.25, 0.3) is 0 Å². The maximum absolute atomic E-state index is 5.77. The Kier molecular flexibility index (Phi) is 3.46. The highest BCUT2D eigenvalue weighted by Crippen LogP contribution is 2.29. The number of hydrazine groups is 1. The molecule has 1 heterocycles. The van der Waals surface area contributed by atoms with Crippen LogP contribution in [0.1, 0.15) is 19.4 Å². The molecule has 2 atom stereocenters. The van der Waals surface area contributed by atoms with Gasteiger partial charge in [0.15, 0.2) is 0 Å². The first kappa shape index (κ1) is 11.4. The highest BCUT2D eigenvalue weighted by molar-refractivity contribution is 5.35. The van der Waals surface area contributed by atoms with Crippen LogP contribution in [0.15, 0.2) is 24.3 Å². The van der Waals surface area contributed by atoms with E-state index in [0.29, 0.717) is 17.9 Å². The second kappa shape index (κ2) is 4.85. The van der Waals surface area contributed by atoms with Crippen molar-refractivity contribution in [3.05, 3.63) is 29.8 Å². The van der Waals surface area contributed by atoms with E-state index in [1.165, 1.54) is 5.56 Å². The van der Waals surface area contributed by atoms with E-state index in [-0.39, 0.29) is 0 Å². The third-order valence-electron chi connectivity index (χ3n) is 3.33. The SMILES string of the molecule is CC(C)C(NN)C1COc2ccccc2C1. The molecule has 0 fully saturated rings. The van der Waals surface area contributed by atoms with Gasteiger partial charge in [-0.15, -0.1) is 0 Å². The zero-order chi connectivity index (χ0) is 11.5. The van der Waals surface area contributed by atoms with Crippen LogP contribution >= 0.6 is 0 Å². The third kappa shape index (κ3) is 2.20. The van der Waals surface area contributed by atoms with Gasteiger partial charge in [-0.2, -0.15) is 0 Å². The van der Waals surface area contributed by atoms with E-state index in [9.17, 15) is 0 Å². The molecule has 0 saturated heterocycles. The van der Waals surface area contributed by atoms with Crippen molar-refractivity contribution < 1.29 is 4.74 Å². The molecule has 1 aromatic carbocycles. The van der Waals surface area contributed by atoms with Crippen LogP contribution in [-0.2, 0) is 6.42 Å². The molecule has 3 nitrogen and oxygen atoms in total. The Morgan fingerprint density at radius 1 is 1.38 bits per heavy atom. The van der Waals surface area contributed by atoms with Crippen LogP contribution in [0.3, 0.4) is 0 Å². The van der Waals surface area contributed by atoms with Gasteiger partial charge in [-0.1, -0.05) is 32.0 Å². The number of fused-ring (bicyclic) bond motifs is 1. The molecule has 2 rings (SSSR count). The molecule has 0 aliphatic carbocycles. The van der Waals surface area contributed by atoms with Crippen LogP contribution < -0.4 is 16.0 Å². The van der Waals surface area contributed by atoms with E-state index in [0.717, 1.165) is 18.8 Å². The van der Waals surface area contributed by atoms with Gasteiger partial charge in [-0.25, -0.2) is 0 Å². The number of rotatable bonds is 3. The van der Waals surface area contributed by atoms with E-state index in [4.69, 9.17) is 10.6 Å². The van der Waals surface area contributed by atoms with E-state index >= 15 is 0 Å². The summed E-state index contributed by atoms with van der Waals surface area (Å²) in [5, 5.41) is 0. The predicted octanol–water partition coefficient (Wildman–Crippen LogP) is 1.73. The minimum absolute atomic E-state index is 0.313. The van der Waals surface area contributed by atoms with Crippen molar-refractivity contribution in [2.75, 3.05) is 6.61 Å². The summed E-state index contributed by atoms with van der Waals surface area (Å²) < 4.78 is 5.77. The highest BCUT2D eigenvalue weighted by atomic mass is 16.5. The number of nitrogens with two attached hydrogens (primary N) is 1. The summed E-state index contributed by atoms with van der Waals surface area (Å²) in [7, 11) is 0. The van der Waals surface area contributed by atoms with Crippen LogP contribution in [0, 0.1) is 11.8 Å². The van der Waals surface area contributed by atoms with Crippen molar-refractivity contribution in [2.24, 2.45) is 17.7 Å². The van der Waals surface area contributed by atoms with Gasteiger partial charge in [-0.3, -0.25) is 11.3 Å². The Bertz CT molecular complexity index is 352. The lowest BCUT2D eigenvalue weighted by Crippen LogP contribution is -2.48. The highest BCUT2D eigenvalue weighted by Gasteiger charge is 2.28. The first-order valence-electron chi connectivity index (χ1n) is 5.89. The smallest absolute Gasteiger partial charge is 0.122 e. The Hall–Kier alpha value is -1.06. The summed E-state index contributed by atoms with van der Waals surface area (Å²) in [6.45, 7) is 5.13. The number of hydrogen-bond donors (Lipinski definition) is 2. The molecule has 1 aromatic rings. The van der Waals surface area contributed by atoms with E-state index in [1.807, 2.05) is 12.1 Å². The fourth-order valence-corrected chi connectivity index (χ4v) is 2.45. The Morgan fingerprint density at radius 3 is 2.81 bits per heavy atom. The van der Waals surface area contributed by atoms with E-state index in [2.05, 4.69) is 31.4 Å². The standard InChI is InChI=1S/C13H20N2O/c1-9(2)13(15-14)11-7-10-5-3-4-6-12(10)16-8-11/h3-6,9,11,13,15H,7-8,14H2,1-2H3. The van der Waals surface area contributed by atoms with Crippen LogP contribution in [-0.4, -0.2) is 12.6 Å². The largest absolute Gasteiger partial charge is 0.493 e. The summed E-state index contributed by atoms with van der Waals surface area (Å²) in [5.74, 6) is 7.62. The molecule has 88 valence electrons. The quantitative estimate of drug-likeness (QED) is 0.602. The van der Waals surface area contributed by atoms with Gasteiger partial charge in [0.05, 0.1) is 6.61 Å². The van der Waals surface area contributed by atoms with E-state index in [1.54, 1.807) is 0 Å². The van der Waals surface area contributed by atoms with Crippen molar-refractivity contribution in [2.45, 2.75) is 26.3 Å². The normalized spacial score (nSPS) is 21.4.